The lowest BCUT2D eigenvalue weighted by Crippen LogP contribution is -2.25. The largest absolute Gasteiger partial charge is 0.493 e. The van der Waals surface area contributed by atoms with Gasteiger partial charge in [0.15, 0.2) is 0 Å². The van der Waals surface area contributed by atoms with E-state index < -0.39 is 0 Å². The monoisotopic (exact) mass is 206 g/mol. The van der Waals surface area contributed by atoms with Crippen molar-refractivity contribution in [2.24, 2.45) is 5.73 Å². The third kappa shape index (κ3) is 2.13. The number of aryl methyl sites for hydroxylation is 1. The van der Waals surface area contributed by atoms with Crippen LogP contribution in [0.2, 0.25) is 0 Å². The molecule has 82 valence electrons. The fourth-order valence-corrected chi connectivity index (χ4v) is 2.02. The van der Waals surface area contributed by atoms with E-state index in [0.29, 0.717) is 6.54 Å². The molecule has 0 radical (unpaired) electrons. The van der Waals surface area contributed by atoms with Gasteiger partial charge in [-0.25, -0.2) is 0 Å². The first kappa shape index (κ1) is 10.5. The van der Waals surface area contributed by atoms with E-state index in [1.807, 2.05) is 7.05 Å². The van der Waals surface area contributed by atoms with Gasteiger partial charge in [0.05, 0.1) is 6.61 Å². The maximum atomic E-state index is 5.70. The van der Waals surface area contributed by atoms with Crippen molar-refractivity contribution in [3.8, 4) is 5.75 Å². The third-order valence-electron chi connectivity index (χ3n) is 2.92. The minimum atomic E-state index is 0.247. The van der Waals surface area contributed by atoms with Crippen molar-refractivity contribution in [2.45, 2.75) is 18.9 Å². The van der Waals surface area contributed by atoms with Crippen LogP contribution in [0.15, 0.2) is 18.2 Å². The van der Waals surface area contributed by atoms with Gasteiger partial charge < -0.3 is 15.8 Å². The lowest BCUT2D eigenvalue weighted by atomic mass is 9.99. The van der Waals surface area contributed by atoms with Gasteiger partial charge in [0.1, 0.15) is 5.75 Å². The lowest BCUT2D eigenvalue weighted by Gasteiger charge is -2.20. The van der Waals surface area contributed by atoms with Crippen molar-refractivity contribution in [2.75, 3.05) is 20.2 Å². The van der Waals surface area contributed by atoms with Gasteiger partial charge in [-0.15, -0.1) is 0 Å². The van der Waals surface area contributed by atoms with Crippen LogP contribution >= 0.6 is 0 Å². The Morgan fingerprint density at radius 1 is 1.53 bits per heavy atom. The summed E-state index contributed by atoms with van der Waals surface area (Å²) in [6.07, 6.45) is 2.23. The molecule has 1 aromatic rings. The first-order chi connectivity index (χ1) is 7.35. The van der Waals surface area contributed by atoms with Crippen molar-refractivity contribution in [1.82, 2.24) is 5.32 Å². The van der Waals surface area contributed by atoms with Crippen LogP contribution in [-0.4, -0.2) is 20.2 Å². The quantitative estimate of drug-likeness (QED) is 0.782. The number of fused-ring (bicyclic) bond motifs is 1. The number of rotatable bonds is 3. The Hall–Kier alpha value is -1.06. The topological polar surface area (TPSA) is 47.3 Å². The van der Waals surface area contributed by atoms with E-state index in [1.54, 1.807) is 0 Å². The van der Waals surface area contributed by atoms with Crippen molar-refractivity contribution in [3.63, 3.8) is 0 Å². The standard InChI is InChI=1S/C12H18N2O/c1-14-11(8-13)9-4-5-12-10(7-9)3-2-6-15-12/h4-5,7,11,14H,2-3,6,8,13H2,1H3. The molecule has 0 bridgehead atoms. The predicted molar refractivity (Wildman–Crippen MR) is 61.1 cm³/mol. The van der Waals surface area contributed by atoms with E-state index in [0.717, 1.165) is 25.2 Å². The zero-order chi connectivity index (χ0) is 10.7. The summed E-state index contributed by atoms with van der Waals surface area (Å²) < 4.78 is 5.57. The van der Waals surface area contributed by atoms with Gasteiger partial charge in [0.2, 0.25) is 0 Å². The molecule has 0 saturated heterocycles. The molecule has 3 nitrogen and oxygen atoms in total. The number of ether oxygens (including phenoxy) is 1. The summed E-state index contributed by atoms with van der Waals surface area (Å²) in [4.78, 5) is 0. The molecule has 2 rings (SSSR count). The highest BCUT2D eigenvalue weighted by Crippen LogP contribution is 2.27. The number of likely N-dealkylation sites (N-methyl/N-ethyl adjacent to an activating group) is 1. The maximum Gasteiger partial charge on any atom is 0.122 e. The highest BCUT2D eigenvalue weighted by molar-refractivity contribution is 5.39. The molecule has 15 heavy (non-hydrogen) atoms. The van der Waals surface area contributed by atoms with Crippen molar-refractivity contribution >= 4 is 0 Å². The summed E-state index contributed by atoms with van der Waals surface area (Å²) in [6, 6.07) is 6.61. The third-order valence-corrected chi connectivity index (χ3v) is 2.92. The summed E-state index contributed by atoms with van der Waals surface area (Å²) in [6.45, 7) is 1.47. The minimum absolute atomic E-state index is 0.247. The number of nitrogens with one attached hydrogen (secondary N) is 1. The molecular formula is C12H18N2O. The van der Waals surface area contributed by atoms with Crippen LogP contribution in [0.5, 0.6) is 5.75 Å². The smallest absolute Gasteiger partial charge is 0.122 e. The molecule has 1 aromatic carbocycles. The molecule has 1 atom stereocenters. The predicted octanol–water partition coefficient (Wildman–Crippen LogP) is 1.23. The summed E-state index contributed by atoms with van der Waals surface area (Å²) in [5.74, 6) is 1.04. The van der Waals surface area contributed by atoms with Gasteiger partial charge in [-0.3, -0.25) is 0 Å². The van der Waals surface area contributed by atoms with Gasteiger partial charge in [0, 0.05) is 12.6 Å². The van der Waals surface area contributed by atoms with E-state index in [9.17, 15) is 0 Å². The van der Waals surface area contributed by atoms with Crippen molar-refractivity contribution < 1.29 is 4.74 Å². The van der Waals surface area contributed by atoms with E-state index in [1.165, 1.54) is 11.1 Å². The second-order valence-corrected chi connectivity index (χ2v) is 3.90. The number of hydrogen-bond donors (Lipinski definition) is 2. The molecular weight excluding hydrogens is 188 g/mol. The lowest BCUT2D eigenvalue weighted by molar-refractivity contribution is 0.288. The van der Waals surface area contributed by atoms with Gasteiger partial charge in [-0.1, -0.05) is 12.1 Å². The SMILES string of the molecule is CNC(CN)c1ccc2c(c1)CCCO2. The molecule has 0 fully saturated rings. The van der Waals surface area contributed by atoms with Crippen LogP contribution in [0, 0.1) is 0 Å². The Morgan fingerprint density at radius 3 is 3.13 bits per heavy atom. The maximum absolute atomic E-state index is 5.70. The van der Waals surface area contributed by atoms with Crippen molar-refractivity contribution in [1.29, 1.82) is 0 Å². The molecule has 0 amide bonds. The van der Waals surface area contributed by atoms with Crippen LogP contribution < -0.4 is 15.8 Å². The molecule has 1 aliphatic heterocycles. The molecule has 0 spiro atoms. The number of benzene rings is 1. The summed E-state index contributed by atoms with van der Waals surface area (Å²) in [7, 11) is 1.94. The Bertz CT molecular complexity index is 334. The van der Waals surface area contributed by atoms with Crippen LogP contribution in [0.3, 0.4) is 0 Å². The first-order valence-electron chi connectivity index (χ1n) is 5.48. The fraction of sp³-hybridized carbons (Fsp3) is 0.500. The fourth-order valence-electron chi connectivity index (χ4n) is 2.02. The molecule has 1 heterocycles. The van der Waals surface area contributed by atoms with Crippen LogP contribution in [-0.2, 0) is 6.42 Å². The second kappa shape index (κ2) is 4.64. The number of hydrogen-bond acceptors (Lipinski definition) is 3. The van der Waals surface area contributed by atoms with E-state index in [-0.39, 0.29) is 6.04 Å². The highest BCUT2D eigenvalue weighted by Gasteiger charge is 2.13. The minimum Gasteiger partial charge on any atom is -0.493 e. The molecule has 1 unspecified atom stereocenters. The Kier molecular flexibility index (Phi) is 3.23. The molecule has 0 aliphatic carbocycles. The van der Waals surface area contributed by atoms with E-state index in [2.05, 4.69) is 23.5 Å². The van der Waals surface area contributed by atoms with Crippen LogP contribution in [0.1, 0.15) is 23.6 Å². The Morgan fingerprint density at radius 2 is 2.40 bits per heavy atom. The van der Waals surface area contributed by atoms with Crippen LogP contribution in [0.4, 0.5) is 0 Å². The normalized spacial score (nSPS) is 16.7. The summed E-state index contributed by atoms with van der Waals surface area (Å²) in [5.41, 5.74) is 8.26. The Labute approximate surface area is 90.6 Å². The van der Waals surface area contributed by atoms with Gasteiger partial charge >= 0.3 is 0 Å². The first-order valence-corrected chi connectivity index (χ1v) is 5.48. The summed E-state index contributed by atoms with van der Waals surface area (Å²) in [5, 5.41) is 3.21. The average Bonchev–Trinajstić information content (AvgIpc) is 2.30. The zero-order valence-electron chi connectivity index (χ0n) is 9.12. The van der Waals surface area contributed by atoms with Crippen LogP contribution in [0.25, 0.3) is 0 Å². The molecule has 1 aliphatic rings. The number of nitrogens with two attached hydrogens (primary N) is 1. The summed E-state index contributed by atoms with van der Waals surface area (Å²) >= 11 is 0. The highest BCUT2D eigenvalue weighted by atomic mass is 16.5. The molecule has 0 saturated carbocycles. The van der Waals surface area contributed by atoms with Crippen molar-refractivity contribution in [3.05, 3.63) is 29.3 Å². The van der Waals surface area contributed by atoms with Gasteiger partial charge in [-0.05, 0) is 37.1 Å². The van der Waals surface area contributed by atoms with Gasteiger partial charge in [0.25, 0.3) is 0 Å². The molecule has 0 aromatic heterocycles. The zero-order valence-corrected chi connectivity index (χ0v) is 9.12. The second-order valence-electron chi connectivity index (χ2n) is 3.90. The molecule has 3 N–H and O–H groups in total. The molecule has 3 heteroatoms. The Balaban J connectivity index is 2.27. The van der Waals surface area contributed by atoms with E-state index >= 15 is 0 Å². The average molecular weight is 206 g/mol. The van der Waals surface area contributed by atoms with Gasteiger partial charge in [-0.2, -0.15) is 0 Å². The van der Waals surface area contributed by atoms with E-state index in [4.69, 9.17) is 10.5 Å².